The molecule has 0 bridgehead atoms. The van der Waals surface area contributed by atoms with Gasteiger partial charge in [0.05, 0.1) is 0 Å². The highest BCUT2D eigenvalue weighted by atomic mass is 16.4. The van der Waals surface area contributed by atoms with E-state index in [4.69, 9.17) is 5.73 Å². The number of carboxylic acids is 1. The lowest BCUT2D eigenvalue weighted by Gasteiger charge is -2.40. The molecule has 0 aromatic carbocycles. The second kappa shape index (κ2) is 6.41. The van der Waals surface area contributed by atoms with Crippen LogP contribution in [0.4, 0.5) is 0 Å². The van der Waals surface area contributed by atoms with E-state index in [-0.39, 0.29) is 5.92 Å². The molecule has 1 saturated carbocycles. The lowest BCUT2D eigenvalue weighted by Crippen LogP contribution is -2.54. The second-order valence-electron chi connectivity index (χ2n) is 6.50. The Balaban J connectivity index is 1.82. The van der Waals surface area contributed by atoms with Crippen molar-refractivity contribution in [3.8, 4) is 0 Å². The van der Waals surface area contributed by atoms with Gasteiger partial charge in [-0.05, 0) is 45.2 Å². The average Bonchev–Trinajstić information content (AvgIpc) is 2.79. The number of rotatable bonds is 5. The van der Waals surface area contributed by atoms with Gasteiger partial charge in [-0.2, -0.15) is 0 Å². The highest BCUT2D eigenvalue weighted by Gasteiger charge is 2.45. The Morgan fingerprint density at radius 3 is 2.80 bits per heavy atom. The van der Waals surface area contributed by atoms with Crippen LogP contribution in [0.5, 0.6) is 0 Å². The number of carbonyl (C=O) groups is 1. The summed E-state index contributed by atoms with van der Waals surface area (Å²) in [6.07, 6.45) is 3.47. The van der Waals surface area contributed by atoms with Crippen molar-refractivity contribution in [3.05, 3.63) is 0 Å². The summed E-state index contributed by atoms with van der Waals surface area (Å²) in [5.74, 6) is -0.677. The Morgan fingerprint density at radius 1 is 1.45 bits per heavy atom. The summed E-state index contributed by atoms with van der Waals surface area (Å²) in [7, 11) is 0. The number of likely N-dealkylation sites (N-methyl/N-ethyl adjacent to an activating group) is 1. The maximum atomic E-state index is 11.4. The average molecular weight is 283 g/mol. The minimum absolute atomic E-state index is 0.138. The van der Waals surface area contributed by atoms with Crippen molar-refractivity contribution in [2.24, 2.45) is 11.7 Å². The molecule has 1 aliphatic carbocycles. The fourth-order valence-electron chi connectivity index (χ4n) is 3.87. The first-order valence-corrected chi connectivity index (χ1v) is 7.96. The molecule has 2 rings (SSSR count). The normalized spacial score (nSPS) is 36.4. The van der Waals surface area contributed by atoms with Crippen molar-refractivity contribution in [2.75, 3.05) is 32.7 Å². The molecule has 5 heteroatoms. The van der Waals surface area contributed by atoms with Gasteiger partial charge < -0.3 is 15.7 Å². The van der Waals surface area contributed by atoms with E-state index in [1.807, 2.05) is 0 Å². The zero-order valence-corrected chi connectivity index (χ0v) is 12.8. The van der Waals surface area contributed by atoms with Crippen molar-refractivity contribution in [1.82, 2.24) is 9.80 Å². The third kappa shape index (κ3) is 3.15. The van der Waals surface area contributed by atoms with Gasteiger partial charge in [0.2, 0.25) is 0 Å². The molecule has 3 unspecified atom stereocenters. The third-order valence-corrected chi connectivity index (χ3v) is 5.32. The van der Waals surface area contributed by atoms with E-state index in [0.717, 1.165) is 52.0 Å². The predicted molar refractivity (Wildman–Crippen MR) is 79.7 cm³/mol. The minimum Gasteiger partial charge on any atom is -0.480 e. The van der Waals surface area contributed by atoms with Crippen LogP contribution in [-0.4, -0.2) is 65.2 Å². The van der Waals surface area contributed by atoms with Crippen molar-refractivity contribution in [3.63, 3.8) is 0 Å². The van der Waals surface area contributed by atoms with E-state index in [2.05, 4.69) is 23.6 Å². The molecule has 20 heavy (non-hydrogen) atoms. The second-order valence-corrected chi connectivity index (χ2v) is 6.50. The summed E-state index contributed by atoms with van der Waals surface area (Å²) >= 11 is 0. The van der Waals surface area contributed by atoms with E-state index in [1.54, 1.807) is 0 Å². The Bertz CT molecular complexity index is 350. The van der Waals surface area contributed by atoms with Crippen LogP contribution in [0.2, 0.25) is 0 Å². The van der Waals surface area contributed by atoms with Gasteiger partial charge in [0, 0.05) is 25.7 Å². The Labute approximate surface area is 122 Å². The van der Waals surface area contributed by atoms with E-state index >= 15 is 0 Å². The van der Waals surface area contributed by atoms with Crippen LogP contribution < -0.4 is 5.73 Å². The zero-order valence-electron chi connectivity index (χ0n) is 12.8. The molecular formula is C15H29N3O2. The topological polar surface area (TPSA) is 69.8 Å². The molecule has 1 heterocycles. The first-order chi connectivity index (χ1) is 9.47. The molecule has 116 valence electrons. The smallest absolute Gasteiger partial charge is 0.323 e. The third-order valence-electron chi connectivity index (χ3n) is 5.32. The van der Waals surface area contributed by atoms with Crippen molar-refractivity contribution < 1.29 is 9.90 Å². The van der Waals surface area contributed by atoms with Crippen LogP contribution in [0.25, 0.3) is 0 Å². The van der Waals surface area contributed by atoms with E-state index < -0.39 is 11.5 Å². The number of piperazine rings is 1. The fourth-order valence-corrected chi connectivity index (χ4v) is 3.87. The first-order valence-electron chi connectivity index (χ1n) is 7.96. The largest absolute Gasteiger partial charge is 0.480 e. The SMILES string of the molecule is CCN1CCN(CCC2CCCC2(N)C(=O)O)CC1C. The van der Waals surface area contributed by atoms with Crippen molar-refractivity contribution >= 4 is 5.97 Å². The monoisotopic (exact) mass is 283 g/mol. The molecule has 0 aromatic heterocycles. The summed E-state index contributed by atoms with van der Waals surface area (Å²) in [6, 6.07) is 0.597. The summed E-state index contributed by atoms with van der Waals surface area (Å²) in [5.41, 5.74) is 5.13. The highest BCUT2D eigenvalue weighted by molar-refractivity contribution is 5.79. The van der Waals surface area contributed by atoms with E-state index in [0.29, 0.717) is 12.5 Å². The van der Waals surface area contributed by atoms with Crippen molar-refractivity contribution in [2.45, 2.75) is 51.1 Å². The summed E-state index contributed by atoms with van der Waals surface area (Å²) in [6.45, 7) is 9.88. The van der Waals surface area contributed by atoms with Gasteiger partial charge in [0.25, 0.3) is 0 Å². The van der Waals surface area contributed by atoms with E-state index in [9.17, 15) is 9.90 Å². The number of hydrogen-bond acceptors (Lipinski definition) is 4. The Kier molecular flexibility index (Phi) is 5.04. The molecule has 3 N–H and O–H groups in total. The first kappa shape index (κ1) is 15.7. The summed E-state index contributed by atoms with van der Waals surface area (Å²) < 4.78 is 0. The molecule has 2 aliphatic rings. The quantitative estimate of drug-likeness (QED) is 0.787. The molecule has 1 saturated heterocycles. The van der Waals surface area contributed by atoms with Crippen LogP contribution in [0.15, 0.2) is 0 Å². The molecule has 1 aliphatic heterocycles. The lowest BCUT2D eigenvalue weighted by molar-refractivity contribution is -0.144. The number of nitrogens with two attached hydrogens (primary N) is 1. The van der Waals surface area contributed by atoms with Crippen LogP contribution >= 0.6 is 0 Å². The van der Waals surface area contributed by atoms with Gasteiger partial charge in [0.1, 0.15) is 5.54 Å². The molecule has 2 fully saturated rings. The van der Waals surface area contributed by atoms with Gasteiger partial charge in [-0.15, -0.1) is 0 Å². The number of carboxylic acid groups (broad SMARTS) is 1. The van der Waals surface area contributed by atoms with Gasteiger partial charge in [-0.1, -0.05) is 13.3 Å². The number of aliphatic carboxylic acids is 1. The van der Waals surface area contributed by atoms with Crippen LogP contribution in [0, 0.1) is 5.92 Å². The number of hydrogen-bond donors (Lipinski definition) is 2. The molecule has 3 atom stereocenters. The molecule has 5 nitrogen and oxygen atoms in total. The van der Waals surface area contributed by atoms with Crippen LogP contribution in [0.3, 0.4) is 0 Å². The summed E-state index contributed by atoms with van der Waals surface area (Å²) in [4.78, 5) is 16.3. The predicted octanol–water partition coefficient (Wildman–Crippen LogP) is 0.985. The molecule has 0 aromatic rings. The minimum atomic E-state index is -0.975. The Morgan fingerprint density at radius 2 is 2.20 bits per heavy atom. The maximum absolute atomic E-state index is 11.4. The highest BCUT2D eigenvalue weighted by Crippen LogP contribution is 2.36. The standard InChI is InChI=1S/C15H29N3O2/c1-3-18-10-9-17(11-12(18)2)8-6-13-5-4-7-15(13,16)14(19)20/h12-13H,3-11,16H2,1-2H3,(H,19,20). The molecule has 0 amide bonds. The van der Waals surface area contributed by atoms with E-state index in [1.165, 1.54) is 0 Å². The summed E-state index contributed by atoms with van der Waals surface area (Å²) in [5, 5.41) is 9.34. The van der Waals surface area contributed by atoms with Crippen molar-refractivity contribution in [1.29, 1.82) is 0 Å². The Hall–Kier alpha value is -0.650. The van der Waals surface area contributed by atoms with Crippen LogP contribution in [0.1, 0.15) is 39.5 Å². The fraction of sp³-hybridized carbons (Fsp3) is 0.933. The van der Waals surface area contributed by atoms with Gasteiger partial charge in [-0.3, -0.25) is 9.69 Å². The van der Waals surface area contributed by atoms with Gasteiger partial charge >= 0.3 is 5.97 Å². The molecule has 0 spiro atoms. The lowest BCUT2D eigenvalue weighted by atomic mass is 9.85. The zero-order chi connectivity index (χ0) is 14.8. The number of nitrogens with zero attached hydrogens (tertiary/aromatic N) is 2. The molecular weight excluding hydrogens is 254 g/mol. The molecule has 0 radical (unpaired) electrons. The van der Waals surface area contributed by atoms with Crippen LogP contribution in [-0.2, 0) is 4.79 Å². The van der Waals surface area contributed by atoms with Gasteiger partial charge in [-0.25, -0.2) is 0 Å². The maximum Gasteiger partial charge on any atom is 0.323 e. The van der Waals surface area contributed by atoms with Gasteiger partial charge in [0.15, 0.2) is 0 Å².